The van der Waals surface area contributed by atoms with Gasteiger partial charge in [-0.25, -0.2) is 5.06 Å². The van der Waals surface area contributed by atoms with Crippen LogP contribution in [0.4, 0.5) is 0 Å². The minimum Gasteiger partial charge on any atom is -0.454 e. The Balaban J connectivity index is 1.65. The van der Waals surface area contributed by atoms with E-state index in [1.807, 2.05) is 16.8 Å². The van der Waals surface area contributed by atoms with E-state index in [0.29, 0.717) is 0 Å². The van der Waals surface area contributed by atoms with Gasteiger partial charge in [-0.05, 0) is 29.3 Å². The predicted molar refractivity (Wildman–Crippen MR) is 94.3 cm³/mol. The fraction of sp³-hybridized carbons (Fsp3) is 0.529. The number of Topliss-reactive ketones (excluding diaryl/α,β-unsaturated/α-hetero) is 1. The monoisotopic (exact) mass is 395 g/mol. The molecule has 3 heterocycles. The zero-order chi connectivity index (χ0) is 19.6. The predicted octanol–water partition coefficient (Wildman–Crippen LogP) is -0.459. The molecule has 2 aliphatic rings. The number of hydrogen-bond acceptors (Lipinski definition) is 8. The molecule has 9 nitrogen and oxygen atoms in total. The number of nitrogens with one attached hydrogen (secondary N) is 1. The number of carbonyl (C=O) groups is 4. The molecule has 1 aromatic rings. The summed E-state index contributed by atoms with van der Waals surface area (Å²) in [5, 5.41) is 7.25. The van der Waals surface area contributed by atoms with Crippen molar-refractivity contribution in [2.45, 2.75) is 43.9 Å². The Labute approximate surface area is 159 Å². The number of ether oxygens (including phenoxy) is 1. The number of thiophene rings is 1. The van der Waals surface area contributed by atoms with Crippen molar-refractivity contribution in [2.75, 3.05) is 13.2 Å². The number of hydrogen-bond donors (Lipinski definition) is 2. The van der Waals surface area contributed by atoms with E-state index in [0.717, 1.165) is 10.6 Å². The van der Waals surface area contributed by atoms with Gasteiger partial charge in [0.05, 0.1) is 6.42 Å². The summed E-state index contributed by atoms with van der Waals surface area (Å²) in [7, 11) is 0. The van der Waals surface area contributed by atoms with Crippen LogP contribution in [0.1, 0.15) is 25.3 Å². The Hall–Kier alpha value is -2.30. The molecule has 2 fully saturated rings. The third kappa shape index (κ3) is 3.87. The van der Waals surface area contributed by atoms with Gasteiger partial charge in [0.15, 0.2) is 6.10 Å². The van der Waals surface area contributed by atoms with Crippen LogP contribution in [0.25, 0.3) is 0 Å². The summed E-state index contributed by atoms with van der Waals surface area (Å²) in [5.74, 6) is -1.82. The normalized spacial score (nSPS) is 24.6. The highest BCUT2D eigenvalue weighted by Gasteiger charge is 2.52. The number of nitrogens with two attached hydrogens (primary N) is 1. The lowest BCUT2D eigenvalue weighted by molar-refractivity contribution is -0.197. The minimum absolute atomic E-state index is 0.0957. The topological polar surface area (TPSA) is 128 Å². The standard InChI is InChI=1S/C17H21N3O6S/c1-17(9-18,15(23)12-2-3-14(22)26-12)20-16(24)11(7-25-20)19-13(21)6-10-4-5-27-8-10/h4-5,8,11-12H,2-3,6-7,9,18H2,1H3,(H,19,21)/t11-,12?,17?/m0/s1. The Morgan fingerprint density at radius 3 is 2.81 bits per heavy atom. The van der Waals surface area contributed by atoms with Gasteiger partial charge in [-0.2, -0.15) is 11.3 Å². The fourth-order valence-corrected chi connectivity index (χ4v) is 3.75. The van der Waals surface area contributed by atoms with E-state index in [1.165, 1.54) is 18.3 Å². The van der Waals surface area contributed by atoms with E-state index in [2.05, 4.69) is 5.32 Å². The molecular formula is C17H21N3O6S. The van der Waals surface area contributed by atoms with Gasteiger partial charge >= 0.3 is 5.97 Å². The van der Waals surface area contributed by atoms with Crippen molar-refractivity contribution in [3.63, 3.8) is 0 Å². The van der Waals surface area contributed by atoms with Crippen LogP contribution in [-0.4, -0.2) is 59.5 Å². The van der Waals surface area contributed by atoms with Crippen LogP contribution < -0.4 is 11.1 Å². The number of ketones is 1. The van der Waals surface area contributed by atoms with Crippen molar-refractivity contribution in [3.05, 3.63) is 22.4 Å². The number of rotatable bonds is 7. The summed E-state index contributed by atoms with van der Waals surface area (Å²) in [5.41, 5.74) is 5.13. The van der Waals surface area contributed by atoms with Gasteiger partial charge in [0.1, 0.15) is 18.2 Å². The lowest BCUT2D eigenvalue weighted by Crippen LogP contribution is -2.61. The van der Waals surface area contributed by atoms with E-state index in [4.69, 9.17) is 15.3 Å². The Morgan fingerprint density at radius 1 is 1.44 bits per heavy atom. The van der Waals surface area contributed by atoms with E-state index < -0.39 is 35.3 Å². The van der Waals surface area contributed by atoms with Crippen LogP contribution in [0.5, 0.6) is 0 Å². The first kappa shape index (κ1) is 19.5. The van der Waals surface area contributed by atoms with Gasteiger partial charge in [0, 0.05) is 19.4 Å². The number of amides is 2. The Bertz CT molecular complexity index is 752. The van der Waals surface area contributed by atoms with Crippen molar-refractivity contribution >= 4 is 34.9 Å². The van der Waals surface area contributed by atoms with Gasteiger partial charge in [-0.3, -0.25) is 24.0 Å². The third-order valence-electron chi connectivity index (χ3n) is 4.70. The number of nitrogens with zero attached hydrogens (tertiary/aromatic N) is 1. The number of cyclic esters (lactones) is 1. The van der Waals surface area contributed by atoms with Crippen LogP contribution in [0.2, 0.25) is 0 Å². The van der Waals surface area contributed by atoms with E-state index in [-0.39, 0.29) is 38.3 Å². The molecule has 146 valence electrons. The molecule has 3 atom stereocenters. The molecule has 0 aliphatic carbocycles. The first-order valence-electron chi connectivity index (χ1n) is 8.56. The Kier molecular flexibility index (Phi) is 5.59. The number of hydroxylamine groups is 2. The summed E-state index contributed by atoms with van der Waals surface area (Å²) in [6.45, 7) is 1.16. The van der Waals surface area contributed by atoms with Gasteiger partial charge in [0.25, 0.3) is 5.91 Å². The van der Waals surface area contributed by atoms with Gasteiger partial charge in [-0.15, -0.1) is 0 Å². The summed E-state index contributed by atoms with van der Waals surface area (Å²) in [4.78, 5) is 54.3. The Morgan fingerprint density at radius 2 is 2.22 bits per heavy atom. The highest BCUT2D eigenvalue weighted by atomic mass is 32.1. The van der Waals surface area contributed by atoms with Crippen LogP contribution >= 0.6 is 11.3 Å². The molecule has 0 radical (unpaired) electrons. The van der Waals surface area contributed by atoms with Crippen molar-refractivity contribution in [1.82, 2.24) is 10.4 Å². The molecule has 2 unspecified atom stereocenters. The van der Waals surface area contributed by atoms with Gasteiger partial charge < -0.3 is 15.8 Å². The molecule has 3 rings (SSSR count). The van der Waals surface area contributed by atoms with E-state index >= 15 is 0 Å². The number of carbonyl (C=O) groups excluding carboxylic acids is 4. The molecule has 0 spiro atoms. The van der Waals surface area contributed by atoms with Crippen molar-refractivity contribution in [2.24, 2.45) is 5.73 Å². The maximum atomic E-state index is 12.8. The fourth-order valence-electron chi connectivity index (χ4n) is 3.08. The first-order chi connectivity index (χ1) is 12.8. The molecule has 10 heteroatoms. The lowest BCUT2D eigenvalue weighted by atomic mass is 9.90. The highest BCUT2D eigenvalue weighted by molar-refractivity contribution is 7.08. The highest BCUT2D eigenvalue weighted by Crippen LogP contribution is 2.27. The van der Waals surface area contributed by atoms with Crippen LogP contribution in [0.3, 0.4) is 0 Å². The second-order valence-electron chi connectivity index (χ2n) is 6.72. The van der Waals surface area contributed by atoms with Crippen LogP contribution in [0, 0.1) is 0 Å². The number of esters is 1. The van der Waals surface area contributed by atoms with Crippen LogP contribution in [0.15, 0.2) is 16.8 Å². The van der Waals surface area contributed by atoms with E-state index in [1.54, 1.807) is 0 Å². The van der Waals surface area contributed by atoms with Crippen LogP contribution in [-0.2, 0) is 35.2 Å². The molecule has 2 amide bonds. The minimum atomic E-state index is -1.49. The maximum absolute atomic E-state index is 12.8. The maximum Gasteiger partial charge on any atom is 0.306 e. The average Bonchev–Trinajstić information content (AvgIpc) is 3.37. The molecule has 1 aromatic heterocycles. The summed E-state index contributed by atoms with van der Waals surface area (Å²) in [6.07, 6.45) is -0.406. The second kappa shape index (κ2) is 7.75. The zero-order valence-electron chi connectivity index (χ0n) is 14.8. The second-order valence-corrected chi connectivity index (χ2v) is 7.50. The molecule has 3 N–H and O–H groups in total. The SMILES string of the molecule is CC(CN)(C(=O)C1CCC(=O)O1)N1OC[C@H](NC(=O)Cc2ccsc2)C1=O. The lowest BCUT2D eigenvalue weighted by Gasteiger charge is -2.35. The molecule has 0 aromatic carbocycles. The molecule has 2 saturated heterocycles. The van der Waals surface area contributed by atoms with Gasteiger partial charge in [0.2, 0.25) is 11.7 Å². The summed E-state index contributed by atoms with van der Waals surface area (Å²) in [6, 6.07) is 0.928. The smallest absolute Gasteiger partial charge is 0.306 e. The summed E-state index contributed by atoms with van der Waals surface area (Å²) < 4.78 is 5.01. The molecule has 0 saturated carbocycles. The third-order valence-corrected chi connectivity index (χ3v) is 5.43. The zero-order valence-corrected chi connectivity index (χ0v) is 15.6. The van der Waals surface area contributed by atoms with Crippen molar-refractivity contribution in [1.29, 1.82) is 0 Å². The summed E-state index contributed by atoms with van der Waals surface area (Å²) >= 11 is 1.48. The molecular weight excluding hydrogens is 374 g/mol. The average molecular weight is 395 g/mol. The van der Waals surface area contributed by atoms with Crippen molar-refractivity contribution < 1.29 is 28.8 Å². The van der Waals surface area contributed by atoms with Crippen molar-refractivity contribution in [3.8, 4) is 0 Å². The molecule has 0 bridgehead atoms. The van der Waals surface area contributed by atoms with Gasteiger partial charge in [-0.1, -0.05) is 0 Å². The first-order valence-corrected chi connectivity index (χ1v) is 9.50. The quantitative estimate of drug-likeness (QED) is 0.598. The van der Waals surface area contributed by atoms with E-state index in [9.17, 15) is 19.2 Å². The largest absolute Gasteiger partial charge is 0.454 e. The molecule has 2 aliphatic heterocycles. The molecule has 27 heavy (non-hydrogen) atoms.